The third-order valence-corrected chi connectivity index (χ3v) is 2.74. The summed E-state index contributed by atoms with van der Waals surface area (Å²) in [6, 6.07) is 0.660. The number of rotatable bonds is 3. The van der Waals surface area contributed by atoms with E-state index in [9.17, 15) is 0 Å². The fourth-order valence-electron chi connectivity index (χ4n) is 1.96. The van der Waals surface area contributed by atoms with Gasteiger partial charge in [0.1, 0.15) is 0 Å². The molecule has 1 N–H and O–H groups in total. The summed E-state index contributed by atoms with van der Waals surface area (Å²) in [6.07, 6.45) is 9.22. The highest BCUT2D eigenvalue weighted by Crippen LogP contribution is 2.21. The van der Waals surface area contributed by atoms with Crippen molar-refractivity contribution >= 4 is 5.95 Å². The van der Waals surface area contributed by atoms with Crippen LogP contribution in [0.3, 0.4) is 0 Å². The number of hydrogen-bond acceptors (Lipinski definition) is 2. The van der Waals surface area contributed by atoms with Gasteiger partial charge >= 0.3 is 0 Å². The second-order valence-corrected chi connectivity index (χ2v) is 3.66. The molecule has 1 aliphatic carbocycles. The van der Waals surface area contributed by atoms with Gasteiger partial charge in [-0.3, -0.25) is 0 Å². The van der Waals surface area contributed by atoms with Crippen molar-refractivity contribution in [1.29, 1.82) is 0 Å². The lowest BCUT2D eigenvalue weighted by Crippen LogP contribution is -2.17. The zero-order chi connectivity index (χ0) is 9.10. The molecule has 3 nitrogen and oxygen atoms in total. The van der Waals surface area contributed by atoms with Crippen LogP contribution in [-0.4, -0.2) is 15.6 Å². The minimum absolute atomic E-state index is 0.660. The van der Waals surface area contributed by atoms with Crippen LogP contribution in [0.5, 0.6) is 0 Å². The van der Waals surface area contributed by atoms with Gasteiger partial charge in [-0.2, -0.15) is 0 Å². The predicted molar refractivity (Wildman–Crippen MR) is 53.8 cm³/mol. The van der Waals surface area contributed by atoms with E-state index in [2.05, 4.69) is 21.8 Å². The largest absolute Gasteiger partial charge is 0.353 e. The van der Waals surface area contributed by atoms with Crippen LogP contribution in [0.1, 0.15) is 32.6 Å². The smallest absolute Gasteiger partial charge is 0.202 e. The van der Waals surface area contributed by atoms with E-state index in [4.69, 9.17) is 0 Å². The number of aryl methyl sites for hydroxylation is 1. The second kappa shape index (κ2) is 3.81. The summed E-state index contributed by atoms with van der Waals surface area (Å²) in [5.41, 5.74) is 0. The summed E-state index contributed by atoms with van der Waals surface area (Å²) in [7, 11) is 0. The quantitative estimate of drug-likeness (QED) is 0.771. The van der Waals surface area contributed by atoms with Gasteiger partial charge in [0.25, 0.3) is 0 Å². The van der Waals surface area contributed by atoms with Gasteiger partial charge in [-0.1, -0.05) is 12.8 Å². The summed E-state index contributed by atoms with van der Waals surface area (Å²) in [5, 5.41) is 3.49. The van der Waals surface area contributed by atoms with Crippen molar-refractivity contribution in [2.45, 2.75) is 45.2 Å². The molecule has 0 bridgehead atoms. The standard InChI is InChI=1S/C10H17N3/c1-2-13-8-7-11-10(13)12-9-5-3-4-6-9/h7-9H,2-6H2,1H3,(H,11,12). The lowest BCUT2D eigenvalue weighted by Gasteiger charge is -2.13. The molecular formula is C10H17N3. The molecule has 1 aromatic rings. The molecule has 0 atom stereocenters. The van der Waals surface area contributed by atoms with Gasteiger partial charge in [0.15, 0.2) is 0 Å². The Bertz CT molecular complexity index is 261. The molecular weight excluding hydrogens is 162 g/mol. The van der Waals surface area contributed by atoms with Crippen molar-refractivity contribution in [3.8, 4) is 0 Å². The summed E-state index contributed by atoms with van der Waals surface area (Å²) in [4.78, 5) is 4.30. The first-order chi connectivity index (χ1) is 6.40. The Kier molecular flexibility index (Phi) is 2.52. The maximum absolute atomic E-state index is 4.30. The van der Waals surface area contributed by atoms with Crippen molar-refractivity contribution in [2.24, 2.45) is 0 Å². The normalized spacial score (nSPS) is 17.9. The van der Waals surface area contributed by atoms with E-state index in [1.165, 1.54) is 25.7 Å². The molecule has 3 heteroatoms. The van der Waals surface area contributed by atoms with E-state index in [0.29, 0.717) is 6.04 Å². The number of anilines is 1. The second-order valence-electron chi connectivity index (χ2n) is 3.66. The van der Waals surface area contributed by atoms with Gasteiger partial charge in [-0.15, -0.1) is 0 Å². The third-order valence-electron chi connectivity index (χ3n) is 2.74. The molecule has 0 aromatic carbocycles. The number of nitrogens with one attached hydrogen (secondary N) is 1. The van der Waals surface area contributed by atoms with Crippen molar-refractivity contribution in [3.63, 3.8) is 0 Å². The molecule has 0 saturated heterocycles. The average Bonchev–Trinajstić information content (AvgIpc) is 2.76. The molecule has 1 fully saturated rings. The maximum Gasteiger partial charge on any atom is 0.202 e. The Hall–Kier alpha value is -0.990. The summed E-state index contributed by atoms with van der Waals surface area (Å²) >= 11 is 0. The van der Waals surface area contributed by atoms with Crippen molar-refractivity contribution in [1.82, 2.24) is 9.55 Å². The van der Waals surface area contributed by atoms with Gasteiger partial charge < -0.3 is 9.88 Å². The van der Waals surface area contributed by atoms with Crippen molar-refractivity contribution < 1.29 is 0 Å². The highest BCUT2D eigenvalue weighted by Gasteiger charge is 2.15. The highest BCUT2D eigenvalue weighted by molar-refractivity contribution is 5.27. The molecule has 0 unspecified atom stereocenters. The number of hydrogen-bond donors (Lipinski definition) is 1. The SMILES string of the molecule is CCn1ccnc1NC1CCCC1. The molecule has 0 spiro atoms. The lowest BCUT2D eigenvalue weighted by atomic mass is 10.2. The fraction of sp³-hybridized carbons (Fsp3) is 0.700. The van der Waals surface area contributed by atoms with Crippen LogP contribution in [-0.2, 0) is 6.54 Å². The molecule has 1 aliphatic rings. The summed E-state index contributed by atoms with van der Waals surface area (Å²) in [5.74, 6) is 1.04. The van der Waals surface area contributed by atoms with Crippen LogP contribution in [0.2, 0.25) is 0 Å². The Balaban J connectivity index is 1.99. The van der Waals surface area contributed by atoms with Crippen LogP contribution in [0, 0.1) is 0 Å². The van der Waals surface area contributed by atoms with Crippen LogP contribution in [0.15, 0.2) is 12.4 Å². The monoisotopic (exact) mass is 179 g/mol. The van der Waals surface area contributed by atoms with Crippen LogP contribution >= 0.6 is 0 Å². The van der Waals surface area contributed by atoms with Gasteiger partial charge in [-0.25, -0.2) is 4.98 Å². The van der Waals surface area contributed by atoms with E-state index < -0.39 is 0 Å². The predicted octanol–water partition coefficient (Wildman–Crippen LogP) is 2.26. The average molecular weight is 179 g/mol. The van der Waals surface area contributed by atoms with Crippen molar-refractivity contribution in [3.05, 3.63) is 12.4 Å². The van der Waals surface area contributed by atoms with Crippen LogP contribution < -0.4 is 5.32 Å². The zero-order valence-corrected chi connectivity index (χ0v) is 8.16. The molecule has 0 aliphatic heterocycles. The summed E-state index contributed by atoms with van der Waals surface area (Å²) in [6.45, 7) is 3.14. The Morgan fingerprint density at radius 1 is 1.54 bits per heavy atom. The van der Waals surface area contributed by atoms with E-state index in [0.717, 1.165) is 12.5 Å². The van der Waals surface area contributed by atoms with E-state index >= 15 is 0 Å². The van der Waals surface area contributed by atoms with Gasteiger partial charge in [-0.05, 0) is 19.8 Å². The maximum atomic E-state index is 4.30. The van der Waals surface area contributed by atoms with E-state index in [1.54, 1.807) is 0 Å². The first-order valence-corrected chi connectivity index (χ1v) is 5.18. The van der Waals surface area contributed by atoms with Gasteiger partial charge in [0.05, 0.1) is 0 Å². The van der Waals surface area contributed by atoms with Gasteiger partial charge in [0, 0.05) is 25.0 Å². The minimum Gasteiger partial charge on any atom is -0.353 e. The molecule has 0 amide bonds. The first-order valence-electron chi connectivity index (χ1n) is 5.18. The zero-order valence-electron chi connectivity index (χ0n) is 8.16. The molecule has 72 valence electrons. The highest BCUT2D eigenvalue weighted by atomic mass is 15.2. The molecule has 1 aromatic heterocycles. The Morgan fingerprint density at radius 2 is 2.31 bits per heavy atom. The van der Waals surface area contributed by atoms with Crippen LogP contribution in [0.25, 0.3) is 0 Å². The van der Waals surface area contributed by atoms with Crippen molar-refractivity contribution in [2.75, 3.05) is 5.32 Å². The summed E-state index contributed by atoms with van der Waals surface area (Å²) < 4.78 is 2.15. The topological polar surface area (TPSA) is 29.9 Å². The Morgan fingerprint density at radius 3 is 3.00 bits per heavy atom. The lowest BCUT2D eigenvalue weighted by molar-refractivity contribution is 0.706. The molecule has 1 heterocycles. The number of aromatic nitrogens is 2. The molecule has 0 radical (unpaired) electrons. The van der Waals surface area contributed by atoms with Gasteiger partial charge in [0.2, 0.25) is 5.95 Å². The fourth-order valence-corrected chi connectivity index (χ4v) is 1.96. The molecule has 1 saturated carbocycles. The van der Waals surface area contributed by atoms with Crippen LogP contribution in [0.4, 0.5) is 5.95 Å². The van der Waals surface area contributed by atoms with E-state index in [1.807, 2.05) is 12.4 Å². The third kappa shape index (κ3) is 1.85. The number of nitrogens with zero attached hydrogens (tertiary/aromatic N) is 2. The Labute approximate surface area is 79.2 Å². The minimum atomic E-state index is 0.660. The molecule has 2 rings (SSSR count). The molecule has 13 heavy (non-hydrogen) atoms. The first kappa shape index (κ1) is 8.60. The van der Waals surface area contributed by atoms with E-state index in [-0.39, 0.29) is 0 Å². The number of imidazole rings is 1.